The van der Waals surface area contributed by atoms with Crippen LogP contribution in [0, 0.1) is 18.2 Å². The van der Waals surface area contributed by atoms with E-state index in [9.17, 15) is 9.18 Å². The third-order valence-electron chi connectivity index (χ3n) is 3.81. The van der Waals surface area contributed by atoms with Gasteiger partial charge in [-0.3, -0.25) is 4.79 Å². The lowest BCUT2D eigenvalue weighted by Crippen LogP contribution is -2.49. The number of likely N-dealkylation sites (tertiary alicyclic amines) is 1. The van der Waals surface area contributed by atoms with Gasteiger partial charge < -0.3 is 4.90 Å². The van der Waals surface area contributed by atoms with Crippen molar-refractivity contribution >= 4 is 17.5 Å². The van der Waals surface area contributed by atoms with Gasteiger partial charge in [-0.05, 0) is 30.4 Å². The highest BCUT2D eigenvalue weighted by Gasteiger charge is 2.37. The molecule has 1 aromatic rings. The van der Waals surface area contributed by atoms with Crippen molar-refractivity contribution in [3.05, 3.63) is 35.1 Å². The number of nitrogens with zero attached hydrogens (tertiary/aromatic N) is 1. The maximum atomic E-state index is 14.0. The number of piperidine rings is 1. The molecule has 0 aromatic heterocycles. The summed E-state index contributed by atoms with van der Waals surface area (Å²) < 4.78 is 14.0. The minimum atomic E-state index is -0.418. The Bertz CT molecular complexity index is 501. The summed E-state index contributed by atoms with van der Waals surface area (Å²) in [7, 11) is 0. The van der Waals surface area contributed by atoms with Gasteiger partial charge in [0.15, 0.2) is 0 Å². The van der Waals surface area contributed by atoms with E-state index < -0.39 is 5.82 Å². The molecule has 2 nitrogen and oxygen atoms in total. The van der Waals surface area contributed by atoms with E-state index in [2.05, 4.69) is 0 Å². The van der Waals surface area contributed by atoms with Crippen LogP contribution in [0.5, 0.6) is 0 Å². The minimum Gasteiger partial charge on any atom is -0.338 e. The summed E-state index contributed by atoms with van der Waals surface area (Å²) in [4.78, 5) is 14.1. The summed E-state index contributed by atoms with van der Waals surface area (Å²) in [5.74, 6) is -0.656. The van der Waals surface area contributed by atoms with Gasteiger partial charge in [0, 0.05) is 18.5 Å². The third kappa shape index (κ3) is 2.76. The molecule has 1 saturated heterocycles. The fourth-order valence-corrected chi connectivity index (χ4v) is 2.65. The van der Waals surface area contributed by atoms with Crippen LogP contribution in [0.2, 0.25) is 0 Å². The van der Waals surface area contributed by atoms with E-state index in [1.54, 1.807) is 30.0 Å². The first-order valence-corrected chi connectivity index (χ1v) is 6.95. The molecule has 1 heterocycles. The first-order valence-electron chi connectivity index (χ1n) is 6.51. The average molecular weight is 284 g/mol. The maximum absolute atomic E-state index is 14.0. The van der Waals surface area contributed by atoms with Gasteiger partial charge in [-0.15, -0.1) is 11.6 Å². The van der Waals surface area contributed by atoms with E-state index in [0.29, 0.717) is 18.7 Å². The average Bonchev–Trinajstić information content (AvgIpc) is 2.35. The molecule has 1 aliphatic rings. The van der Waals surface area contributed by atoms with Gasteiger partial charge in [-0.2, -0.15) is 0 Å². The van der Waals surface area contributed by atoms with Crippen molar-refractivity contribution in [1.82, 2.24) is 4.90 Å². The number of aryl methyl sites for hydroxylation is 1. The number of halogens is 2. The predicted octanol–water partition coefficient (Wildman–Crippen LogP) is 3.61. The lowest BCUT2D eigenvalue weighted by Gasteiger charge is -2.41. The Morgan fingerprint density at radius 3 is 2.79 bits per heavy atom. The topological polar surface area (TPSA) is 20.3 Å². The number of amides is 1. The third-order valence-corrected chi connectivity index (χ3v) is 4.62. The Morgan fingerprint density at radius 1 is 1.47 bits per heavy atom. The molecule has 0 aliphatic carbocycles. The highest BCUT2D eigenvalue weighted by atomic mass is 35.5. The summed E-state index contributed by atoms with van der Waals surface area (Å²) in [6, 6.07) is 4.93. The largest absolute Gasteiger partial charge is 0.338 e. The number of carbonyl (C=O) groups excluding carboxylic acids is 1. The molecule has 0 N–H and O–H groups in total. The first kappa shape index (κ1) is 14.3. The molecular weight excluding hydrogens is 265 g/mol. The smallest absolute Gasteiger partial charge is 0.256 e. The second kappa shape index (κ2) is 5.12. The Kier molecular flexibility index (Phi) is 3.86. The van der Waals surface area contributed by atoms with Gasteiger partial charge in [0.25, 0.3) is 5.91 Å². The van der Waals surface area contributed by atoms with Gasteiger partial charge in [-0.1, -0.05) is 26.0 Å². The number of rotatable bonds is 1. The maximum Gasteiger partial charge on any atom is 0.256 e. The quantitative estimate of drug-likeness (QED) is 0.721. The van der Waals surface area contributed by atoms with E-state index in [-0.39, 0.29) is 22.3 Å². The van der Waals surface area contributed by atoms with E-state index in [1.165, 1.54) is 0 Å². The highest BCUT2D eigenvalue weighted by Crippen LogP contribution is 2.34. The molecule has 0 saturated carbocycles. The lowest BCUT2D eigenvalue weighted by atomic mass is 9.83. The summed E-state index contributed by atoms with van der Waals surface area (Å²) in [5.41, 5.74) is 0.511. The Balaban J connectivity index is 2.23. The second-order valence-corrected chi connectivity index (χ2v) is 6.43. The van der Waals surface area contributed by atoms with Crippen molar-refractivity contribution in [2.24, 2.45) is 5.41 Å². The fraction of sp³-hybridized carbons (Fsp3) is 0.533. The van der Waals surface area contributed by atoms with Crippen molar-refractivity contribution in [2.75, 3.05) is 13.1 Å². The van der Waals surface area contributed by atoms with Crippen molar-refractivity contribution in [3.63, 3.8) is 0 Å². The molecule has 0 spiro atoms. The van der Waals surface area contributed by atoms with Crippen molar-refractivity contribution in [1.29, 1.82) is 0 Å². The molecule has 0 radical (unpaired) electrons. The minimum absolute atomic E-state index is 0.0545. The number of benzene rings is 1. The van der Waals surface area contributed by atoms with Crippen LogP contribution >= 0.6 is 11.6 Å². The Hall–Kier alpha value is -1.09. The fourth-order valence-electron chi connectivity index (χ4n) is 2.49. The normalized spacial score (nSPS) is 22.4. The van der Waals surface area contributed by atoms with E-state index >= 15 is 0 Å². The molecule has 1 atom stereocenters. The first-order chi connectivity index (χ1) is 8.83. The highest BCUT2D eigenvalue weighted by molar-refractivity contribution is 6.21. The number of hydrogen-bond acceptors (Lipinski definition) is 1. The summed E-state index contributed by atoms with van der Waals surface area (Å²) >= 11 is 6.27. The van der Waals surface area contributed by atoms with Gasteiger partial charge in [0.1, 0.15) is 5.82 Å². The van der Waals surface area contributed by atoms with E-state index in [1.807, 2.05) is 13.8 Å². The molecule has 104 valence electrons. The summed E-state index contributed by atoms with van der Waals surface area (Å²) in [5, 5.41) is 0.0545. The van der Waals surface area contributed by atoms with Gasteiger partial charge in [0.05, 0.1) is 5.56 Å². The van der Waals surface area contributed by atoms with Crippen LogP contribution in [0.25, 0.3) is 0 Å². The van der Waals surface area contributed by atoms with Crippen molar-refractivity contribution in [3.8, 4) is 0 Å². The molecule has 2 rings (SSSR count). The monoisotopic (exact) mass is 283 g/mol. The molecule has 4 heteroatoms. The van der Waals surface area contributed by atoms with Gasteiger partial charge in [0.2, 0.25) is 0 Å². The SMILES string of the molecule is Cc1cccc(C(=O)N2CCC(Cl)C(C)(C)C2)c1F. The van der Waals surface area contributed by atoms with E-state index in [4.69, 9.17) is 11.6 Å². The Morgan fingerprint density at radius 2 is 2.16 bits per heavy atom. The van der Waals surface area contributed by atoms with Gasteiger partial charge in [-0.25, -0.2) is 4.39 Å². The van der Waals surface area contributed by atoms with Crippen LogP contribution < -0.4 is 0 Å². The zero-order chi connectivity index (χ0) is 14.2. The number of carbonyl (C=O) groups is 1. The van der Waals surface area contributed by atoms with Crippen LogP contribution in [0.15, 0.2) is 18.2 Å². The number of hydrogen-bond donors (Lipinski definition) is 0. The van der Waals surface area contributed by atoms with Crippen LogP contribution in [0.4, 0.5) is 4.39 Å². The molecule has 1 amide bonds. The molecule has 19 heavy (non-hydrogen) atoms. The molecular formula is C15H19ClFNO. The molecule has 1 unspecified atom stereocenters. The Labute approximate surface area is 118 Å². The molecule has 0 bridgehead atoms. The summed E-state index contributed by atoms with van der Waals surface area (Å²) in [6.45, 7) is 6.89. The second-order valence-electron chi connectivity index (χ2n) is 5.91. The van der Waals surface area contributed by atoms with Crippen molar-refractivity contribution in [2.45, 2.75) is 32.6 Å². The standard InChI is InChI=1S/C15H19ClFNO/c1-10-5-4-6-11(13(10)17)14(19)18-8-7-12(16)15(2,3)9-18/h4-6,12H,7-9H2,1-3H3. The molecule has 1 fully saturated rings. The van der Waals surface area contributed by atoms with Crippen LogP contribution in [0.3, 0.4) is 0 Å². The zero-order valence-electron chi connectivity index (χ0n) is 11.5. The number of alkyl halides is 1. The summed E-state index contributed by atoms with van der Waals surface area (Å²) in [6.07, 6.45) is 0.744. The van der Waals surface area contributed by atoms with E-state index in [0.717, 1.165) is 6.42 Å². The zero-order valence-corrected chi connectivity index (χ0v) is 12.3. The molecule has 1 aromatic carbocycles. The van der Waals surface area contributed by atoms with Crippen LogP contribution in [-0.2, 0) is 0 Å². The molecule has 1 aliphatic heterocycles. The lowest BCUT2D eigenvalue weighted by molar-refractivity contribution is 0.0588. The van der Waals surface area contributed by atoms with Crippen LogP contribution in [0.1, 0.15) is 36.2 Å². The van der Waals surface area contributed by atoms with Crippen molar-refractivity contribution < 1.29 is 9.18 Å². The van der Waals surface area contributed by atoms with Crippen LogP contribution in [-0.4, -0.2) is 29.3 Å². The predicted molar refractivity (Wildman–Crippen MR) is 75.1 cm³/mol. The van der Waals surface area contributed by atoms with Gasteiger partial charge >= 0.3 is 0 Å².